The van der Waals surface area contributed by atoms with Gasteiger partial charge in [0.15, 0.2) is 11.6 Å². The molecule has 0 bridgehead atoms. The van der Waals surface area contributed by atoms with Gasteiger partial charge >= 0.3 is 0 Å². The number of amides is 1. The number of methoxy groups -OCH3 is 1. The first kappa shape index (κ1) is 20.4. The van der Waals surface area contributed by atoms with Crippen molar-refractivity contribution in [1.82, 2.24) is 10.3 Å². The van der Waals surface area contributed by atoms with Crippen LogP contribution in [0.4, 0.5) is 5.82 Å². The van der Waals surface area contributed by atoms with E-state index in [1.165, 1.54) is 0 Å². The molecule has 2 aliphatic rings. The van der Waals surface area contributed by atoms with Gasteiger partial charge in [-0.3, -0.25) is 4.79 Å². The monoisotopic (exact) mass is 413 g/mol. The normalized spacial score (nSPS) is 20.8. The van der Waals surface area contributed by atoms with E-state index in [4.69, 9.17) is 14.2 Å². The Bertz CT molecular complexity index is 902. The third kappa shape index (κ3) is 4.34. The zero-order valence-electron chi connectivity index (χ0n) is 17.3. The van der Waals surface area contributed by atoms with E-state index >= 15 is 0 Å². The van der Waals surface area contributed by atoms with Crippen LogP contribution >= 0.6 is 0 Å². The molecule has 1 saturated heterocycles. The van der Waals surface area contributed by atoms with Crippen LogP contribution in [-0.2, 0) is 11.2 Å². The van der Waals surface area contributed by atoms with Crippen molar-refractivity contribution < 1.29 is 24.1 Å². The Morgan fingerprint density at radius 3 is 2.87 bits per heavy atom. The lowest BCUT2D eigenvalue weighted by atomic mass is 10.0. The van der Waals surface area contributed by atoms with E-state index in [-0.39, 0.29) is 5.91 Å². The van der Waals surface area contributed by atoms with Crippen molar-refractivity contribution >= 4 is 11.7 Å². The highest BCUT2D eigenvalue weighted by Gasteiger charge is 2.28. The van der Waals surface area contributed by atoms with Gasteiger partial charge in [0.25, 0.3) is 5.91 Å². The Balaban J connectivity index is 1.63. The van der Waals surface area contributed by atoms with Crippen LogP contribution in [-0.4, -0.2) is 68.7 Å². The molecule has 1 fully saturated rings. The second kappa shape index (κ2) is 8.89. The number of aromatic nitrogens is 1. The number of anilines is 1. The first-order chi connectivity index (χ1) is 14.5. The molecule has 3 heterocycles. The van der Waals surface area contributed by atoms with Crippen molar-refractivity contribution in [3.63, 3.8) is 0 Å². The maximum Gasteiger partial charge on any atom is 0.270 e. The lowest BCUT2D eigenvalue weighted by molar-refractivity contribution is -0.0140. The number of rotatable bonds is 5. The van der Waals surface area contributed by atoms with E-state index in [9.17, 15) is 9.90 Å². The lowest BCUT2D eigenvalue weighted by Gasteiger charge is -2.30. The minimum atomic E-state index is -0.620. The van der Waals surface area contributed by atoms with Crippen LogP contribution in [0.5, 0.6) is 11.5 Å². The molecule has 0 spiro atoms. The standard InChI is InChI=1S/C22H27N3O5/c1-25-8-10-30-20-15(11-14-3-5-16(28-2)6-4-14)12-17(23-21(20)25)22(27)24-18-13-29-9-7-19(18)26/h3-6,12,18-19,26H,7-11,13H2,1-2H3,(H,24,27). The Morgan fingerprint density at radius 1 is 1.33 bits per heavy atom. The highest BCUT2D eigenvalue weighted by Crippen LogP contribution is 2.34. The smallest absolute Gasteiger partial charge is 0.270 e. The summed E-state index contributed by atoms with van der Waals surface area (Å²) in [5.74, 6) is 1.82. The number of carbonyl (C=O) groups is 1. The van der Waals surface area contributed by atoms with Crippen molar-refractivity contribution in [3.05, 3.63) is 47.2 Å². The first-order valence-corrected chi connectivity index (χ1v) is 10.1. The van der Waals surface area contributed by atoms with E-state index < -0.39 is 12.1 Å². The van der Waals surface area contributed by atoms with Gasteiger partial charge in [-0.2, -0.15) is 0 Å². The Hall–Kier alpha value is -2.84. The van der Waals surface area contributed by atoms with E-state index in [0.717, 1.165) is 16.9 Å². The highest BCUT2D eigenvalue weighted by atomic mass is 16.5. The molecule has 1 aromatic heterocycles. The molecule has 0 aliphatic carbocycles. The second-order valence-electron chi connectivity index (χ2n) is 7.63. The fraction of sp³-hybridized carbons (Fsp3) is 0.455. The zero-order chi connectivity index (χ0) is 21.1. The molecule has 0 radical (unpaired) electrons. The third-order valence-corrected chi connectivity index (χ3v) is 5.49. The maximum absolute atomic E-state index is 12.9. The molecule has 2 unspecified atom stereocenters. The second-order valence-corrected chi connectivity index (χ2v) is 7.63. The number of nitrogens with zero attached hydrogens (tertiary/aromatic N) is 2. The predicted molar refractivity (Wildman–Crippen MR) is 111 cm³/mol. The molecule has 4 rings (SSSR count). The lowest BCUT2D eigenvalue weighted by Crippen LogP contribution is -2.49. The fourth-order valence-corrected chi connectivity index (χ4v) is 3.70. The predicted octanol–water partition coefficient (Wildman–Crippen LogP) is 1.39. The number of hydrogen-bond acceptors (Lipinski definition) is 7. The van der Waals surface area contributed by atoms with Crippen molar-refractivity contribution in [3.8, 4) is 11.5 Å². The summed E-state index contributed by atoms with van der Waals surface area (Å²) < 4.78 is 16.5. The molecule has 160 valence electrons. The van der Waals surface area contributed by atoms with Crippen molar-refractivity contribution in [2.75, 3.05) is 45.4 Å². The van der Waals surface area contributed by atoms with Gasteiger partial charge in [-0.1, -0.05) is 12.1 Å². The van der Waals surface area contributed by atoms with Crippen molar-refractivity contribution in [1.29, 1.82) is 0 Å². The van der Waals surface area contributed by atoms with Crippen LogP contribution in [0.15, 0.2) is 30.3 Å². The average Bonchev–Trinajstić information content (AvgIpc) is 2.76. The number of nitrogens with one attached hydrogen (secondary N) is 1. The average molecular weight is 413 g/mol. The summed E-state index contributed by atoms with van der Waals surface area (Å²) in [4.78, 5) is 19.5. The van der Waals surface area contributed by atoms with E-state index in [0.29, 0.717) is 56.5 Å². The maximum atomic E-state index is 12.9. The van der Waals surface area contributed by atoms with Crippen LogP contribution in [0.3, 0.4) is 0 Å². The summed E-state index contributed by atoms with van der Waals surface area (Å²) in [7, 11) is 3.57. The van der Waals surface area contributed by atoms with Crippen LogP contribution in [0.1, 0.15) is 28.0 Å². The molecule has 2 atom stereocenters. The number of aliphatic hydroxyl groups excluding tert-OH is 1. The molecule has 8 heteroatoms. The zero-order valence-corrected chi connectivity index (χ0v) is 17.3. The van der Waals surface area contributed by atoms with Crippen molar-refractivity contribution in [2.45, 2.75) is 25.0 Å². The molecule has 30 heavy (non-hydrogen) atoms. The number of aliphatic hydroxyl groups is 1. The van der Waals surface area contributed by atoms with Crippen LogP contribution in [0.25, 0.3) is 0 Å². The largest absolute Gasteiger partial charge is 0.497 e. The van der Waals surface area contributed by atoms with E-state index in [2.05, 4.69) is 10.3 Å². The van der Waals surface area contributed by atoms with Gasteiger partial charge in [-0.05, 0) is 30.2 Å². The van der Waals surface area contributed by atoms with E-state index in [1.54, 1.807) is 13.2 Å². The van der Waals surface area contributed by atoms with Crippen molar-refractivity contribution in [2.24, 2.45) is 0 Å². The SMILES string of the molecule is COc1ccc(Cc2cc(C(=O)NC3COCCC3O)nc3c2OCCN3C)cc1. The van der Waals surface area contributed by atoms with Crippen LogP contribution < -0.4 is 19.7 Å². The number of ether oxygens (including phenoxy) is 3. The summed E-state index contributed by atoms with van der Waals surface area (Å²) in [6.45, 7) is 2.05. The summed E-state index contributed by atoms with van der Waals surface area (Å²) >= 11 is 0. The van der Waals surface area contributed by atoms with Gasteiger partial charge in [0.05, 0.1) is 32.4 Å². The third-order valence-electron chi connectivity index (χ3n) is 5.49. The number of carbonyl (C=O) groups excluding carboxylic acids is 1. The van der Waals surface area contributed by atoms with Crippen LogP contribution in [0.2, 0.25) is 0 Å². The van der Waals surface area contributed by atoms with Gasteiger partial charge in [0.2, 0.25) is 0 Å². The molecular weight excluding hydrogens is 386 g/mol. The molecule has 1 aromatic carbocycles. The van der Waals surface area contributed by atoms with Gasteiger partial charge < -0.3 is 29.5 Å². The number of benzene rings is 1. The fourth-order valence-electron chi connectivity index (χ4n) is 3.70. The summed E-state index contributed by atoms with van der Waals surface area (Å²) in [6, 6.07) is 9.14. The minimum absolute atomic E-state index is 0.291. The molecule has 8 nitrogen and oxygen atoms in total. The molecule has 2 aromatic rings. The molecule has 2 aliphatic heterocycles. The van der Waals surface area contributed by atoms with Gasteiger partial charge in [-0.25, -0.2) is 4.98 Å². The Kier molecular flexibility index (Phi) is 6.06. The molecular formula is C22H27N3O5. The number of hydrogen-bond donors (Lipinski definition) is 2. The quantitative estimate of drug-likeness (QED) is 0.765. The van der Waals surface area contributed by atoms with E-state index in [1.807, 2.05) is 36.2 Å². The molecule has 1 amide bonds. The number of fused-ring (bicyclic) bond motifs is 1. The van der Waals surface area contributed by atoms with Gasteiger partial charge in [0.1, 0.15) is 18.1 Å². The Morgan fingerprint density at radius 2 is 2.13 bits per heavy atom. The van der Waals surface area contributed by atoms with Gasteiger partial charge in [0, 0.05) is 25.6 Å². The van der Waals surface area contributed by atoms with Gasteiger partial charge in [-0.15, -0.1) is 0 Å². The van der Waals surface area contributed by atoms with Crippen LogP contribution in [0, 0.1) is 0 Å². The Labute approximate surface area is 175 Å². The number of pyridine rings is 1. The topological polar surface area (TPSA) is 93.2 Å². The summed E-state index contributed by atoms with van der Waals surface area (Å²) in [5.41, 5.74) is 2.26. The molecule has 2 N–H and O–H groups in total. The summed E-state index contributed by atoms with van der Waals surface area (Å²) in [6.07, 6.45) is 0.477. The minimum Gasteiger partial charge on any atom is -0.497 e. The number of likely N-dealkylation sites (N-methyl/N-ethyl adjacent to an activating group) is 1. The molecule has 0 saturated carbocycles. The highest BCUT2D eigenvalue weighted by molar-refractivity contribution is 5.93. The summed E-state index contributed by atoms with van der Waals surface area (Å²) in [5, 5.41) is 13.0. The first-order valence-electron chi connectivity index (χ1n) is 10.1.